The van der Waals surface area contributed by atoms with Crippen LogP contribution in [0.15, 0.2) is 22.6 Å². The van der Waals surface area contributed by atoms with Crippen LogP contribution in [-0.2, 0) is 4.79 Å². The number of hydrogen-bond acceptors (Lipinski definition) is 4. The first-order valence-electron chi connectivity index (χ1n) is 7.25. The van der Waals surface area contributed by atoms with E-state index in [0.29, 0.717) is 40.5 Å². The molecule has 1 aromatic heterocycles. The average Bonchev–Trinajstić information content (AvgIpc) is 2.85. The zero-order chi connectivity index (χ0) is 16.6. The Kier molecular flexibility index (Phi) is 4.29. The second-order valence-electron chi connectivity index (χ2n) is 5.65. The van der Waals surface area contributed by atoms with Crippen LogP contribution in [0.25, 0.3) is 11.0 Å². The summed E-state index contributed by atoms with van der Waals surface area (Å²) in [6.07, 6.45) is 0.813. The maximum atomic E-state index is 12.6. The molecule has 0 saturated carbocycles. The van der Waals surface area contributed by atoms with Crippen LogP contribution in [-0.4, -0.2) is 34.0 Å². The second kappa shape index (κ2) is 6.09. The first-order chi connectivity index (χ1) is 10.9. The first kappa shape index (κ1) is 16.2. The van der Waals surface area contributed by atoms with Gasteiger partial charge in [-0.2, -0.15) is 11.8 Å². The number of benzene rings is 1. The van der Waals surface area contributed by atoms with Gasteiger partial charge in [0.05, 0.1) is 0 Å². The number of aryl methyl sites for hydroxylation is 1. The fourth-order valence-corrected chi connectivity index (χ4v) is 4.16. The first-order valence-corrected chi connectivity index (χ1v) is 8.78. The molecule has 2 heterocycles. The highest BCUT2D eigenvalue weighted by molar-refractivity contribution is 7.99. The van der Waals surface area contributed by atoms with Gasteiger partial charge in [-0.25, -0.2) is 4.79 Å². The molecule has 1 aliphatic rings. The van der Waals surface area contributed by atoms with Gasteiger partial charge in [-0.15, -0.1) is 0 Å². The lowest BCUT2D eigenvalue weighted by molar-refractivity contribution is -0.144. The third kappa shape index (κ3) is 2.93. The van der Waals surface area contributed by atoms with Gasteiger partial charge < -0.3 is 14.8 Å². The number of carbonyl (C=O) groups excluding carboxylic acids is 1. The van der Waals surface area contributed by atoms with E-state index in [4.69, 9.17) is 16.0 Å². The van der Waals surface area contributed by atoms with Crippen molar-refractivity contribution in [2.45, 2.75) is 25.3 Å². The van der Waals surface area contributed by atoms with Crippen molar-refractivity contribution in [2.24, 2.45) is 0 Å². The standard InChI is InChI=1S/C16H16ClNO4S/c1-9-11-8-10(17)2-3-12(11)22-13(9)14(19)18-16(15(20)21)4-6-23-7-5-16/h2-3,8H,4-7H2,1H3,(H,18,19)(H,20,21). The van der Waals surface area contributed by atoms with E-state index >= 15 is 0 Å². The summed E-state index contributed by atoms with van der Waals surface area (Å²) >= 11 is 7.67. The van der Waals surface area contributed by atoms with E-state index in [-0.39, 0.29) is 5.76 Å². The number of fused-ring (bicyclic) bond motifs is 1. The van der Waals surface area contributed by atoms with Crippen molar-refractivity contribution in [3.8, 4) is 0 Å². The Bertz CT molecular complexity index is 780. The topological polar surface area (TPSA) is 79.5 Å². The molecule has 122 valence electrons. The van der Waals surface area contributed by atoms with Crippen molar-refractivity contribution >= 4 is 46.2 Å². The van der Waals surface area contributed by atoms with E-state index in [2.05, 4.69) is 5.32 Å². The van der Waals surface area contributed by atoms with Gasteiger partial charge in [0.1, 0.15) is 11.1 Å². The van der Waals surface area contributed by atoms with E-state index < -0.39 is 17.4 Å². The van der Waals surface area contributed by atoms with Crippen LogP contribution in [0.4, 0.5) is 0 Å². The fourth-order valence-electron chi connectivity index (χ4n) is 2.80. The maximum Gasteiger partial charge on any atom is 0.329 e. The smallest absolute Gasteiger partial charge is 0.329 e. The number of carbonyl (C=O) groups is 2. The zero-order valence-electron chi connectivity index (χ0n) is 12.5. The van der Waals surface area contributed by atoms with E-state index in [1.54, 1.807) is 36.9 Å². The lowest BCUT2D eigenvalue weighted by atomic mass is 9.92. The number of amides is 1. The summed E-state index contributed by atoms with van der Waals surface area (Å²) in [6, 6.07) is 5.12. The van der Waals surface area contributed by atoms with Crippen LogP contribution < -0.4 is 5.32 Å². The molecule has 0 atom stereocenters. The predicted molar refractivity (Wildman–Crippen MR) is 90.4 cm³/mol. The molecule has 1 fully saturated rings. The average molecular weight is 354 g/mol. The third-order valence-corrected chi connectivity index (χ3v) is 5.43. The van der Waals surface area contributed by atoms with Crippen molar-refractivity contribution in [2.75, 3.05) is 11.5 Å². The Labute approximate surface area is 142 Å². The van der Waals surface area contributed by atoms with Gasteiger partial charge in [0, 0.05) is 16.0 Å². The monoisotopic (exact) mass is 353 g/mol. The van der Waals surface area contributed by atoms with Gasteiger partial charge in [-0.3, -0.25) is 4.79 Å². The Balaban J connectivity index is 1.94. The molecule has 3 rings (SSSR count). The number of nitrogens with one attached hydrogen (secondary N) is 1. The highest BCUT2D eigenvalue weighted by Gasteiger charge is 2.42. The van der Waals surface area contributed by atoms with Crippen molar-refractivity contribution < 1.29 is 19.1 Å². The quantitative estimate of drug-likeness (QED) is 0.883. The van der Waals surface area contributed by atoms with Gasteiger partial charge in [0.2, 0.25) is 0 Å². The SMILES string of the molecule is Cc1c(C(=O)NC2(C(=O)O)CCSCC2)oc2ccc(Cl)cc12. The Morgan fingerprint density at radius 3 is 2.70 bits per heavy atom. The highest BCUT2D eigenvalue weighted by Crippen LogP contribution is 2.31. The number of halogens is 1. The summed E-state index contributed by atoms with van der Waals surface area (Å²) in [4.78, 5) is 24.3. The zero-order valence-corrected chi connectivity index (χ0v) is 14.1. The molecule has 1 aromatic carbocycles. The van der Waals surface area contributed by atoms with Crippen molar-refractivity contribution in [1.82, 2.24) is 5.32 Å². The molecule has 0 bridgehead atoms. The minimum atomic E-state index is -1.22. The lowest BCUT2D eigenvalue weighted by Gasteiger charge is -2.33. The summed E-state index contributed by atoms with van der Waals surface area (Å²) < 4.78 is 5.61. The third-order valence-electron chi connectivity index (χ3n) is 4.21. The molecule has 1 amide bonds. The molecule has 0 spiro atoms. The van der Waals surface area contributed by atoms with Crippen molar-refractivity contribution in [3.63, 3.8) is 0 Å². The van der Waals surface area contributed by atoms with Crippen LogP contribution in [0.1, 0.15) is 29.0 Å². The summed E-state index contributed by atoms with van der Waals surface area (Å²) in [6.45, 7) is 1.77. The number of aliphatic carboxylic acids is 1. The lowest BCUT2D eigenvalue weighted by Crippen LogP contribution is -2.56. The number of furan rings is 1. The molecule has 0 unspecified atom stereocenters. The van der Waals surface area contributed by atoms with Crippen LogP contribution in [0.2, 0.25) is 5.02 Å². The van der Waals surface area contributed by atoms with E-state index in [0.717, 1.165) is 5.39 Å². The highest BCUT2D eigenvalue weighted by atomic mass is 35.5. The predicted octanol–water partition coefficient (Wildman–Crippen LogP) is 3.47. The van der Waals surface area contributed by atoms with Crippen LogP contribution in [0, 0.1) is 6.92 Å². The Hall–Kier alpha value is -1.66. The number of carboxylic acid groups (broad SMARTS) is 1. The summed E-state index contributed by atoms with van der Waals surface area (Å²) in [5.74, 6) is 0.0657. The van der Waals surface area contributed by atoms with Gasteiger partial charge in [0.15, 0.2) is 5.76 Å². The van der Waals surface area contributed by atoms with Crippen molar-refractivity contribution in [1.29, 1.82) is 0 Å². The molecule has 5 nitrogen and oxygen atoms in total. The largest absolute Gasteiger partial charge is 0.480 e. The van der Waals surface area contributed by atoms with Crippen LogP contribution in [0.5, 0.6) is 0 Å². The molecule has 1 saturated heterocycles. The van der Waals surface area contributed by atoms with Crippen LogP contribution >= 0.6 is 23.4 Å². The second-order valence-corrected chi connectivity index (χ2v) is 7.31. The molecule has 2 N–H and O–H groups in total. The number of rotatable bonds is 3. The summed E-state index contributed by atoms with van der Waals surface area (Å²) in [7, 11) is 0. The molecule has 0 aliphatic carbocycles. The number of carboxylic acids is 1. The number of hydrogen-bond donors (Lipinski definition) is 2. The van der Waals surface area contributed by atoms with E-state index in [1.807, 2.05) is 0 Å². The van der Waals surface area contributed by atoms with Gasteiger partial charge in [0.25, 0.3) is 5.91 Å². The van der Waals surface area contributed by atoms with Gasteiger partial charge >= 0.3 is 5.97 Å². The van der Waals surface area contributed by atoms with E-state index in [9.17, 15) is 14.7 Å². The molecule has 7 heteroatoms. The van der Waals surface area contributed by atoms with Gasteiger partial charge in [-0.1, -0.05) is 11.6 Å². The van der Waals surface area contributed by atoms with Gasteiger partial charge in [-0.05, 0) is 49.5 Å². The summed E-state index contributed by atoms with van der Waals surface area (Å²) in [5, 5.41) is 13.6. The molecule has 0 radical (unpaired) electrons. The minimum Gasteiger partial charge on any atom is -0.480 e. The molecular formula is C16H16ClNO4S. The molecule has 2 aromatic rings. The Morgan fingerprint density at radius 2 is 2.04 bits per heavy atom. The minimum absolute atomic E-state index is 0.140. The Morgan fingerprint density at radius 1 is 1.35 bits per heavy atom. The molecule has 1 aliphatic heterocycles. The molecular weight excluding hydrogens is 338 g/mol. The number of thioether (sulfide) groups is 1. The fraction of sp³-hybridized carbons (Fsp3) is 0.375. The normalized spacial score (nSPS) is 17.1. The van der Waals surface area contributed by atoms with Crippen molar-refractivity contribution in [3.05, 3.63) is 34.5 Å². The molecule has 23 heavy (non-hydrogen) atoms. The maximum absolute atomic E-state index is 12.6. The van der Waals surface area contributed by atoms with E-state index in [1.165, 1.54) is 0 Å². The van der Waals surface area contributed by atoms with Crippen LogP contribution in [0.3, 0.4) is 0 Å². The summed E-state index contributed by atoms with van der Waals surface area (Å²) in [5.41, 5.74) is -0.00266.